The minimum atomic E-state index is 0.651. The topological polar surface area (TPSA) is 21.3 Å². The van der Waals surface area contributed by atoms with Crippen LogP contribution in [-0.2, 0) is 0 Å². The van der Waals surface area contributed by atoms with Gasteiger partial charge in [-0.3, -0.25) is 0 Å². The minimum Gasteiger partial charge on any atom is -0.497 e. The van der Waals surface area contributed by atoms with Crippen LogP contribution < -0.4 is 10.1 Å². The maximum atomic E-state index is 5.23. The van der Waals surface area contributed by atoms with Crippen molar-refractivity contribution in [2.24, 2.45) is 5.92 Å². The maximum Gasteiger partial charge on any atom is 0.119 e. The summed E-state index contributed by atoms with van der Waals surface area (Å²) in [6.07, 6.45) is 5.30. The lowest BCUT2D eigenvalue weighted by molar-refractivity contribution is 0.361. The van der Waals surface area contributed by atoms with Crippen LogP contribution in [0.3, 0.4) is 0 Å². The van der Waals surface area contributed by atoms with Crippen LogP contribution in [0.15, 0.2) is 18.2 Å². The average molecular weight is 233 g/mol. The number of aryl methyl sites for hydroxylation is 1. The number of hydrogen-bond acceptors (Lipinski definition) is 2. The molecular weight excluding hydrogens is 210 g/mol. The Hall–Kier alpha value is -1.18. The van der Waals surface area contributed by atoms with Crippen molar-refractivity contribution < 1.29 is 4.74 Å². The molecule has 0 heterocycles. The summed E-state index contributed by atoms with van der Waals surface area (Å²) in [5.74, 6) is 1.84. The molecule has 1 aromatic carbocycles. The minimum absolute atomic E-state index is 0.651. The first-order valence-electron chi connectivity index (χ1n) is 6.60. The molecule has 17 heavy (non-hydrogen) atoms. The first-order chi connectivity index (χ1) is 8.19. The lowest BCUT2D eigenvalue weighted by Gasteiger charge is -2.28. The maximum absolute atomic E-state index is 5.23. The lowest BCUT2D eigenvalue weighted by Crippen LogP contribution is -2.25. The summed E-state index contributed by atoms with van der Waals surface area (Å²) in [5.41, 5.74) is 2.52. The molecule has 0 amide bonds. The second-order valence-corrected chi connectivity index (χ2v) is 5.28. The molecule has 0 atom stereocenters. The summed E-state index contributed by atoms with van der Waals surface area (Å²) in [5, 5.41) is 3.67. The van der Waals surface area contributed by atoms with E-state index in [1.165, 1.54) is 36.9 Å². The Balaban J connectivity index is 1.99. The number of ether oxygens (including phenoxy) is 1. The molecule has 1 N–H and O–H groups in total. The molecule has 0 spiro atoms. The van der Waals surface area contributed by atoms with E-state index < -0.39 is 0 Å². The van der Waals surface area contributed by atoms with Gasteiger partial charge in [-0.1, -0.05) is 6.92 Å². The number of anilines is 1. The van der Waals surface area contributed by atoms with Crippen molar-refractivity contribution in [2.75, 3.05) is 12.4 Å². The number of rotatable bonds is 3. The molecule has 0 aliphatic heterocycles. The summed E-state index contributed by atoms with van der Waals surface area (Å²) in [6.45, 7) is 4.49. The van der Waals surface area contributed by atoms with Crippen LogP contribution in [0, 0.1) is 12.8 Å². The third-order valence-corrected chi connectivity index (χ3v) is 3.81. The van der Waals surface area contributed by atoms with Crippen LogP contribution in [0.1, 0.15) is 38.2 Å². The fraction of sp³-hybridized carbons (Fsp3) is 0.600. The summed E-state index contributed by atoms with van der Waals surface area (Å²) in [4.78, 5) is 0. The van der Waals surface area contributed by atoms with Crippen LogP contribution in [0.25, 0.3) is 0 Å². The molecule has 1 saturated carbocycles. The highest BCUT2D eigenvalue weighted by atomic mass is 16.5. The predicted molar refractivity (Wildman–Crippen MR) is 72.8 cm³/mol. The second-order valence-electron chi connectivity index (χ2n) is 5.28. The van der Waals surface area contributed by atoms with E-state index in [0.29, 0.717) is 6.04 Å². The van der Waals surface area contributed by atoms with Gasteiger partial charge < -0.3 is 10.1 Å². The van der Waals surface area contributed by atoms with Crippen molar-refractivity contribution in [2.45, 2.75) is 45.6 Å². The highest BCUT2D eigenvalue weighted by Crippen LogP contribution is 2.28. The van der Waals surface area contributed by atoms with Gasteiger partial charge in [0, 0.05) is 11.7 Å². The Morgan fingerprint density at radius 1 is 1.18 bits per heavy atom. The molecule has 2 nitrogen and oxygen atoms in total. The van der Waals surface area contributed by atoms with Crippen LogP contribution in [0.2, 0.25) is 0 Å². The Bertz CT molecular complexity index is 367. The van der Waals surface area contributed by atoms with Crippen LogP contribution in [-0.4, -0.2) is 13.2 Å². The number of methoxy groups -OCH3 is 1. The number of benzene rings is 1. The van der Waals surface area contributed by atoms with Gasteiger partial charge in [0.25, 0.3) is 0 Å². The Morgan fingerprint density at radius 3 is 2.47 bits per heavy atom. The predicted octanol–water partition coefficient (Wildman–Crippen LogP) is 3.99. The molecule has 94 valence electrons. The van der Waals surface area contributed by atoms with Gasteiger partial charge >= 0.3 is 0 Å². The summed E-state index contributed by atoms with van der Waals surface area (Å²) in [6, 6.07) is 6.90. The fourth-order valence-corrected chi connectivity index (χ4v) is 2.55. The van der Waals surface area contributed by atoms with E-state index >= 15 is 0 Å². The fourth-order valence-electron chi connectivity index (χ4n) is 2.55. The Kier molecular flexibility index (Phi) is 3.93. The largest absolute Gasteiger partial charge is 0.497 e. The molecule has 2 rings (SSSR count). The molecule has 1 aliphatic rings. The molecule has 2 heteroatoms. The molecular formula is C15H23NO. The van der Waals surface area contributed by atoms with Crippen molar-refractivity contribution in [1.82, 2.24) is 0 Å². The lowest BCUT2D eigenvalue weighted by atomic mass is 9.87. The summed E-state index contributed by atoms with van der Waals surface area (Å²) < 4.78 is 5.23. The van der Waals surface area contributed by atoms with E-state index in [2.05, 4.69) is 31.3 Å². The molecule has 0 saturated heterocycles. The monoisotopic (exact) mass is 233 g/mol. The summed E-state index contributed by atoms with van der Waals surface area (Å²) >= 11 is 0. The molecule has 0 radical (unpaired) electrons. The summed E-state index contributed by atoms with van der Waals surface area (Å²) in [7, 11) is 1.71. The first kappa shape index (κ1) is 12.3. The van der Waals surface area contributed by atoms with E-state index in [9.17, 15) is 0 Å². The zero-order valence-electron chi connectivity index (χ0n) is 11.1. The van der Waals surface area contributed by atoms with Gasteiger partial charge in [0.05, 0.1) is 7.11 Å². The van der Waals surface area contributed by atoms with Gasteiger partial charge in [0.2, 0.25) is 0 Å². The van der Waals surface area contributed by atoms with Crippen LogP contribution >= 0.6 is 0 Å². The second kappa shape index (κ2) is 5.44. The van der Waals surface area contributed by atoms with Crippen LogP contribution in [0.5, 0.6) is 5.75 Å². The average Bonchev–Trinajstić information content (AvgIpc) is 2.34. The first-order valence-corrected chi connectivity index (χ1v) is 6.60. The van der Waals surface area contributed by atoms with E-state index in [0.717, 1.165) is 11.7 Å². The van der Waals surface area contributed by atoms with Gasteiger partial charge in [-0.15, -0.1) is 0 Å². The molecule has 0 bridgehead atoms. The number of hydrogen-bond donors (Lipinski definition) is 1. The van der Waals surface area contributed by atoms with Gasteiger partial charge in [0.15, 0.2) is 0 Å². The van der Waals surface area contributed by atoms with Crippen molar-refractivity contribution >= 4 is 5.69 Å². The van der Waals surface area contributed by atoms with Gasteiger partial charge in [-0.2, -0.15) is 0 Å². The Labute approximate surface area is 104 Å². The standard InChI is InChI=1S/C15H23NO/c1-11-4-6-13(7-5-11)16-15-9-8-14(17-3)10-12(15)2/h8-11,13,16H,4-7H2,1-3H3. The van der Waals surface area contributed by atoms with Gasteiger partial charge in [-0.25, -0.2) is 0 Å². The number of nitrogens with one attached hydrogen (secondary N) is 1. The van der Waals surface area contributed by atoms with Crippen LogP contribution in [0.4, 0.5) is 5.69 Å². The smallest absolute Gasteiger partial charge is 0.119 e. The normalized spacial score (nSPS) is 24.4. The van der Waals surface area contributed by atoms with E-state index in [1.54, 1.807) is 7.11 Å². The quantitative estimate of drug-likeness (QED) is 0.852. The third-order valence-electron chi connectivity index (χ3n) is 3.81. The zero-order valence-corrected chi connectivity index (χ0v) is 11.1. The highest BCUT2D eigenvalue weighted by Gasteiger charge is 2.18. The van der Waals surface area contributed by atoms with E-state index in [-0.39, 0.29) is 0 Å². The molecule has 1 fully saturated rings. The van der Waals surface area contributed by atoms with Crippen molar-refractivity contribution in [3.63, 3.8) is 0 Å². The molecule has 0 unspecified atom stereocenters. The van der Waals surface area contributed by atoms with Crippen molar-refractivity contribution in [1.29, 1.82) is 0 Å². The molecule has 1 aliphatic carbocycles. The third kappa shape index (κ3) is 3.15. The molecule has 0 aromatic heterocycles. The van der Waals surface area contributed by atoms with Gasteiger partial charge in [0.1, 0.15) is 5.75 Å². The van der Waals surface area contributed by atoms with Crippen molar-refractivity contribution in [3.8, 4) is 5.75 Å². The molecule has 1 aromatic rings. The van der Waals surface area contributed by atoms with E-state index in [1.807, 2.05) is 6.07 Å². The highest BCUT2D eigenvalue weighted by molar-refractivity contribution is 5.54. The van der Waals surface area contributed by atoms with E-state index in [4.69, 9.17) is 4.74 Å². The Morgan fingerprint density at radius 2 is 1.88 bits per heavy atom. The SMILES string of the molecule is COc1ccc(NC2CCC(C)CC2)c(C)c1. The zero-order chi connectivity index (χ0) is 12.3. The van der Waals surface area contributed by atoms with Crippen molar-refractivity contribution in [3.05, 3.63) is 23.8 Å². The van der Waals surface area contributed by atoms with Gasteiger partial charge in [-0.05, 0) is 62.3 Å².